The van der Waals surface area contributed by atoms with E-state index in [4.69, 9.17) is 0 Å². The van der Waals surface area contributed by atoms with Gasteiger partial charge >= 0.3 is 0 Å². The number of rotatable bonds is 7. The number of hydrogen-bond donors (Lipinski definition) is 1. The van der Waals surface area contributed by atoms with Crippen molar-refractivity contribution in [2.24, 2.45) is 0 Å². The molecule has 26 heavy (non-hydrogen) atoms. The van der Waals surface area contributed by atoms with Gasteiger partial charge < -0.3 is 0 Å². The van der Waals surface area contributed by atoms with Crippen molar-refractivity contribution in [3.8, 4) is 11.3 Å². The fourth-order valence-electron chi connectivity index (χ4n) is 2.29. The van der Waals surface area contributed by atoms with Crippen molar-refractivity contribution in [1.29, 1.82) is 0 Å². The van der Waals surface area contributed by atoms with Gasteiger partial charge in [-0.3, -0.25) is 10.1 Å². The molecular formula is C17H15N3O4S2. The Balaban J connectivity index is 1.61. The fraction of sp³-hybridized carbons (Fsp3) is 0.118. The topological polar surface area (TPSA) is 102 Å². The van der Waals surface area contributed by atoms with Crippen molar-refractivity contribution < 1.29 is 13.3 Å². The van der Waals surface area contributed by atoms with Crippen LogP contribution in [-0.2, 0) is 16.4 Å². The number of nitrogens with zero attached hydrogens (tertiary/aromatic N) is 2. The summed E-state index contributed by atoms with van der Waals surface area (Å²) in [6.45, 7) is 0.241. The van der Waals surface area contributed by atoms with Gasteiger partial charge in [0.1, 0.15) is 0 Å². The molecule has 1 heterocycles. The van der Waals surface area contributed by atoms with Gasteiger partial charge in [-0.25, -0.2) is 18.1 Å². The molecule has 0 spiro atoms. The van der Waals surface area contributed by atoms with Gasteiger partial charge in [-0.05, 0) is 24.3 Å². The number of nitro benzene ring substituents is 1. The number of thiazole rings is 1. The number of non-ortho nitro benzene ring substituents is 1. The predicted molar refractivity (Wildman–Crippen MR) is 99.5 cm³/mol. The van der Waals surface area contributed by atoms with E-state index in [0.29, 0.717) is 12.1 Å². The van der Waals surface area contributed by atoms with Crippen LogP contribution < -0.4 is 4.72 Å². The van der Waals surface area contributed by atoms with Crippen LogP contribution in [0.4, 0.5) is 5.69 Å². The Labute approximate surface area is 154 Å². The number of aromatic nitrogens is 1. The lowest BCUT2D eigenvalue weighted by molar-refractivity contribution is -0.384. The smallest absolute Gasteiger partial charge is 0.258 e. The molecule has 0 radical (unpaired) electrons. The summed E-state index contributed by atoms with van der Waals surface area (Å²) in [6.07, 6.45) is 0.462. The van der Waals surface area contributed by atoms with Gasteiger partial charge in [0.15, 0.2) is 0 Å². The average molecular weight is 389 g/mol. The summed E-state index contributed by atoms with van der Waals surface area (Å²) < 4.78 is 26.9. The Kier molecular flexibility index (Phi) is 5.40. The maximum atomic E-state index is 12.2. The summed E-state index contributed by atoms with van der Waals surface area (Å²) in [5.74, 6) is 0. The largest absolute Gasteiger partial charge is 0.269 e. The first-order chi connectivity index (χ1) is 12.5. The first-order valence-corrected chi connectivity index (χ1v) is 10.1. The van der Waals surface area contributed by atoms with Crippen LogP contribution in [0, 0.1) is 10.1 Å². The van der Waals surface area contributed by atoms with Crippen LogP contribution in [-0.4, -0.2) is 24.9 Å². The summed E-state index contributed by atoms with van der Waals surface area (Å²) in [5, 5.41) is 13.3. The van der Waals surface area contributed by atoms with Gasteiger partial charge in [-0.1, -0.05) is 18.2 Å². The third kappa shape index (κ3) is 4.31. The van der Waals surface area contributed by atoms with Crippen LogP contribution in [0.1, 0.15) is 5.01 Å². The highest BCUT2D eigenvalue weighted by Gasteiger charge is 2.13. The second-order valence-corrected chi connectivity index (χ2v) is 8.10. The van der Waals surface area contributed by atoms with Crippen LogP contribution in [0.5, 0.6) is 0 Å². The van der Waals surface area contributed by atoms with E-state index in [0.717, 1.165) is 10.6 Å². The standard InChI is InChI=1S/C17H15N3O4S2/c21-20(22)14-8-6-13(7-9-14)16-12-25-17(19-16)10-11-18-26(23,24)15-4-2-1-3-5-15/h1-9,12,18H,10-11H2. The monoisotopic (exact) mass is 389 g/mol. The van der Waals surface area contributed by atoms with E-state index in [1.54, 1.807) is 42.5 Å². The second-order valence-electron chi connectivity index (χ2n) is 5.39. The normalized spacial score (nSPS) is 11.4. The number of nitrogens with one attached hydrogen (secondary N) is 1. The first kappa shape index (κ1) is 18.2. The highest BCUT2D eigenvalue weighted by atomic mass is 32.2. The van der Waals surface area contributed by atoms with Gasteiger partial charge in [0, 0.05) is 36.0 Å². The van der Waals surface area contributed by atoms with Crippen molar-refractivity contribution in [2.75, 3.05) is 6.54 Å². The third-order valence-electron chi connectivity index (χ3n) is 3.61. The molecule has 0 aliphatic carbocycles. The van der Waals surface area contributed by atoms with Gasteiger partial charge in [0.05, 0.1) is 20.5 Å². The van der Waals surface area contributed by atoms with Crippen molar-refractivity contribution in [1.82, 2.24) is 9.71 Å². The van der Waals surface area contributed by atoms with Crippen LogP contribution in [0.25, 0.3) is 11.3 Å². The van der Waals surface area contributed by atoms with Gasteiger partial charge in [0.25, 0.3) is 5.69 Å². The third-order valence-corrected chi connectivity index (χ3v) is 6.00. The maximum Gasteiger partial charge on any atom is 0.269 e. The van der Waals surface area contributed by atoms with Crippen LogP contribution in [0.3, 0.4) is 0 Å². The molecule has 0 aliphatic rings. The Hall–Kier alpha value is -2.62. The van der Waals surface area contributed by atoms with E-state index in [9.17, 15) is 18.5 Å². The Morgan fingerprint density at radius 3 is 2.42 bits per heavy atom. The SMILES string of the molecule is O=[N+]([O-])c1ccc(-c2csc(CCNS(=O)(=O)c3ccccc3)n2)cc1. The molecule has 9 heteroatoms. The van der Waals surface area contributed by atoms with E-state index in [1.165, 1.54) is 23.5 Å². The quantitative estimate of drug-likeness (QED) is 0.494. The molecule has 0 amide bonds. The Morgan fingerprint density at radius 1 is 1.08 bits per heavy atom. The van der Waals surface area contributed by atoms with Crippen molar-refractivity contribution in [2.45, 2.75) is 11.3 Å². The number of sulfonamides is 1. The maximum absolute atomic E-state index is 12.2. The van der Waals surface area contributed by atoms with Crippen LogP contribution in [0.15, 0.2) is 64.9 Å². The number of nitro groups is 1. The number of benzene rings is 2. The minimum atomic E-state index is -3.53. The lowest BCUT2D eigenvalue weighted by Gasteiger charge is -2.05. The molecule has 3 aromatic rings. The van der Waals surface area contributed by atoms with E-state index < -0.39 is 14.9 Å². The van der Waals surface area contributed by atoms with Crippen LogP contribution in [0.2, 0.25) is 0 Å². The Morgan fingerprint density at radius 2 is 1.77 bits per heavy atom. The zero-order valence-electron chi connectivity index (χ0n) is 13.5. The molecule has 7 nitrogen and oxygen atoms in total. The highest BCUT2D eigenvalue weighted by molar-refractivity contribution is 7.89. The van der Waals surface area contributed by atoms with Gasteiger partial charge in [0.2, 0.25) is 10.0 Å². The summed E-state index contributed by atoms with van der Waals surface area (Å²) in [4.78, 5) is 14.9. The molecule has 0 saturated carbocycles. The molecule has 3 rings (SSSR count). The average Bonchev–Trinajstić information content (AvgIpc) is 3.11. The lowest BCUT2D eigenvalue weighted by Crippen LogP contribution is -2.25. The number of hydrogen-bond acceptors (Lipinski definition) is 6. The zero-order chi connectivity index (χ0) is 18.6. The molecule has 0 unspecified atom stereocenters. The van der Waals surface area contributed by atoms with Crippen molar-refractivity contribution in [3.05, 3.63) is 75.1 Å². The molecule has 0 fully saturated rings. The molecule has 0 aliphatic heterocycles. The Bertz CT molecular complexity index is 1000. The molecule has 2 aromatic carbocycles. The fourth-order valence-corrected chi connectivity index (χ4v) is 4.15. The molecule has 1 aromatic heterocycles. The van der Waals surface area contributed by atoms with E-state index in [2.05, 4.69) is 9.71 Å². The molecule has 1 N–H and O–H groups in total. The van der Waals surface area contributed by atoms with E-state index >= 15 is 0 Å². The lowest BCUT2D eigenvalue weighted by atomic mass is 10.1. The van der Waals surface area contributed by atoms with Crippen molar-refractivity contribution >= 4 is 27.0 Å². The summed E-state index contributed by atoms with van der Waals surface area (Å²) in [5.41, 5.74) is 1.52. The minimum Gasteiger partial charge on any atom is -0.258 e. The predicted octanol–water partition coefficient (Wildman–Crippen LogP) is 3.24. The molecule has 0 saturated heterocycles. The van der Waals surface area contributed by atoms with Crippen LogP contribution >= 0.6 is 11.3 Å². The first-order valence-electron chi connectivity index (χ1n) is 7.70. The molecule has 0 bridgehead atoms. The molecule has 134 valence electrons. The minimum absolute atomic E-state index is 0.0273. The molecular weight excluding hydrogens is 374 g/mol. The molecule has 0 atom stereocenters. The summed E-state index contributed by atoms with van der Waals surface area (Å²) in [7, 11) is -3.53. The zero-order valence-corrected chi connectivity index (χ0v) is 15.2. The summed E-state index contributed by atoms with van der Waals surface area (Å²) >= 11 is 1.42. The van der Waals surface area contributed by atoms with E-state index in [1.807, 2.05) is 5.38 Å². The van der Waals surface area contributed by atoms with Crippen molar-refractivity contribution in [3.63, 3.8) is 0 Å². The van der Waals surface area contributed by atoms with Gasteiger partial charge in [-0.15, -0.1) is 11.3 Å². The van der Waals surface area contributed by atoms with Gasteiger partial charge in [-0.2, -0.15) is 0 Å². The highest BCUT2D eigenvalue weighted by Crippen LogP contribution is 2.24. The second kappa shape index (κ2) is 7.73. The summed E-state index contributed by atoms with van der Waals surface area (Å²) in [6, 6.07) is 14.3. The van der Waals surface area contributed by atoms with E-state index in [-0.39, 0.29) is 17.1 Å².